The van der Waals surface area contributed by atoms with Crippen LogP contribution in [-0.2, 0) is 14.4 Å². The second-order valence-electron chi connectivity index (χ2n) is 6.48. The molecule has 6 heteroatoms. The van der Waals surface area contributed by atoms with Crippen molar-refractivity contribution in [3.63, 3.8) is 0 Å². The predicted octanol–water partition coefficient (Wildman–Crippen LogP) is 2.53. The maximum absolute atomic E-state index is 11.7. The highest BCUT2D eigenvalue weighted by Gasteiger charge is 2.19. The highest BCUT2D eigenvalue weighted by atomic mass is 16.2. The molecule has 0 aromatic rings. The van der Waals surface area contributed by atoms with Gasteiger partial charge in [0.25, 0.3) is 0 Å². The van der Waals surface area contributed by atoms with Crippen LogP contribution in [0.4, 0.5) is 0 Å². The highest BCUT2D eigenvalue weighted by Crippen LogP contribution is 2.11. The Bertz CT molecular complexity index is 373. The van der Waals surface area contributed by atoms with E-state index in [1.54, 1.807) is 0 Å². The molecule has 6 nitrogen and oxygen atoms in total. The first-order valence-corrected chi connectivity index (χ1v) is 9.34. The Balaban J connectivity index is 3.54. The normalized spacial score (nSPS) is 11.9. The molecular weight excluding hydrogens is 306 g/mol. The SMILES string of the molecule is CCCCCCCCCCCCCC(=O)N[C@@H](CC(N)=O)C(N)=O. The molecule has 0 aliphatic carbocycles. The Morgan fingerprint density at radius 3 is 1.67 bits per heavy atom. The lowest BCUT2D eigenvalue weighted by Gasteiger charge is -2.13. The average Bonchev–Trinajstić information content (AvgIpc) is 2.51. The lowest BCUT2D eigenvalue weighted by molar-refractivity contribution is -0.129. The van der Waals surface area contributed by atoms with Crippen LogP contribution in [0, 0.1) is 0 Å². The topological polar surface area (TPSA) is 115 Å². The van der Waals surface area contributed by atoms with Gasteiger partial charge >= 0.3 is 0 Å². The van der Waals surface area contributed by atoms with Crippen LogP contribution in [0.1, 0.15) is 90.4 Å². The number of rotatable bonds is 16. The summed E-state index contributed by atoms with van der Waals surface area (Å²) in [5.41, 5.74) is 10.2. The summed E-state index contributed by atoms with van der Waals surface area (Å²) in [6.45, 7) is 2.23. The maximum atomic E-state index is 11.7. The van der Waals surface area contributed by atoms with Crippen LogP contribution < -0.4 is 16.8 Å². The number of carbonyl (C=O) groups excluding carboxylic acids is 3. The van der Waals surface area contributed by atoms with Crippen molar-refractivity contribution in [3.05, 3.63) is 0 Å². The zero-order valence-corrected chi connectivity index (χ0v) is 15.1. The summed E-state index contributed by atoms with van der Waals surface area (Å²) in [5.74, 6) is -1.65. The second kappa shape index (κ2) is 15.0. The molecule has 0 aromatic carbocycles. The monoisotopic (exact) mass is 341 g/mol. The molecule has 140 valence electrons. The lowest BCUT2D eigenvalue weighted by atomic mass is 10.1. The summed E-state index contributed by atoms with van der Waals surface area (Å²) >= 11 is 0. The van der Waals surface area contributed by atoms with E-state index in [9.17, 15) is 14.4 Å². The van der Waals surface area contributed by atoms with Crippen molar-refractivity contribution < 1.29 is 14.4 Å². The van der Waals surface area contributed by atoms with Crippen LogP contribution in [0.3, 0.4) is 0 Å². The van der Waals surface area contributed by atoms with Gasteiger partial charge in [-0.15, -0.1) is 0 Å². The summed E-state index contributed by atoms with van der Waals surface area (Å²) in [6, 6.07) is -0.997. The minimum Gasteiger partial charge on any atom is -0.370 e. The molecule has 0 radical (unpaired) electrons. The van der Waals surface area contributed by atoms with Gasteiger partial charge in [0.1, 0.15) is 6.04 Å². The molecule has 0 bridgehead atoms. The van der Waals surface area contributed by atoms with Crippen LogP contribution >= 0.6 is 0 Å². The zero-order chi connectivity index (χ0) is 18.2. The molecule has 3 amide bonds. The maximum Gasteiger partial charge on any atom is 0.240 e. The standard InChI is InChI=1S/C18H35N3O3/c1-2-3-4-5-6-7-8-9-10-11-12-13-17(23)21-15(18(20)24)14-16(19)22/h15H,2-14H2,1H3,(H2,19,22)(H2,20,24)(H,21,23)/t15-/m0/s1. The molecule has 0 aliphatic heterocycles. The second-order valence-corrected chi connectivity index (χ2v) is 6.48. The average molecular weight is 341 g/mol. The van der Waals surface area contributed by atoms with Crippen LogP contribution in [0.25, 0.3) is 0 Å². The number of amides is 3. The van der Waals surface area contributed by atoms with Crippen LogP contribution in [0.2, 0.25) is 0 Å². The summed E-state index contributed by atoms with van der Waals surface area (Å²) in [7, 11) is 0. The molecule has 0 spiro atoms. The summed E-state index contributed by atoms with van der Waals surface area (Å²) in [6.07, 6.45) is 13.4. The third kappa shape index (κ3) is 14.0. The number of hydrogen-bond acceptors (Lipinski definition) is 3. The van der Waals surface area contributed by atoms with Gasteiger partial charge in [-0.1, -0.05) is 71.1 Å². The van der Waals surface area contributed by atoms with Crippen LogP contribution in [0.5, 0.6) is 0 Å². The Morgan fingerprint density at radius 1 is 0.792 bits per heavy atom. The number of primary amides is 2. The smallest absolute Gasteiger partial charge is 0.240 e. The van der Waals surface area contributed by atoms with Gasteiger partial charge in [-0.2, -0.15) is 0 Å². The minimum absolute atomic E-state index is 0.251. The van der Waals surface area contributed by atoms with E-state index in [1.165, 1.54) is 51.4 Å². The Kier molecular flexibility index (Phi) is 14.0. The largest absolute Gasteiger partial charge is 0.370 e. The first-order valence-electron chi connectivity index (χ1n) is 9.34. The fraction of sp³-hybridized carbons (Fsp3) is 0.833. The zero-order valence-electron chi connectivity index (χ0n) is 15.1. The molecule has 1 atom stereocenters. The third-order valence-electron chi connectivity index (χ3n) is 4.09. The van der Waals surface area contributed by atoms with Gasteiger partial charge in [-0.3, -0.25) is 14.4 Å². The molecule has 0 rings (SSSR count). The van der Waals surface area contributed by atoms with E-state index in [0.717, 1.165) is 19.3 Å². The Hall–Kier alpha value is -1.59. The van der Waals surface area contributed by atoms with Crippen molar-refractivity contribution in [2.75, 3.05) is 0 Å². The molecule has 0 heterocycles. The molecule has 5 N–H and O–H groups in total. The van der Waals surface area contributed by atoms with Crippen molar-refractivity contribution in [1.82, 2.24) is 5.32 Å². The number of hydrogen-bond donors (Lipinski definition) is 3. The van der Waals surface area contributed by atoms with Gasteiger partial charge in [-0.25, -0.2) is 0 Å². The van der Waals surface area contributed by atoms with Crippen molar-refractivity contribution >= 4 is 17.7 Å². The van der Waals surface area contributed by atoms with Gasteiger partial charge in [0.15, 0.2) is 0 Å². The van der Waals surface area contributed by atoms with Gasteiger partial charge in [0.05, 0.1) is 6.42 Å². The highest BCUT2D eigenvalue weighted by molar-refractivity contribution is 5.90. The number of nitrogens with two attached hydrogens (primary N) is 2. The Morgan fingerprint density at radius 2 is 1.25 bits per heavy atom. The molecule has 0 unspecified atom stereocenters. The predicted molar refractivity (Wildman–Crippen MR) is 96.0 cm³/mol. The Labute approximate surface area is 146 Å². The van der Waals surface area contributed by atoms with Crippen molar-refractivity contribution in [2.45, 2.75) is 96.4 Å². The van der Waals surface area contributed by atoms with Gasteiger partial charge in [0.2, 0.25) is 17.7 Å². The van der Waals surface area contributed by atoms with Crippen LogP contribution in [-0.4, -0.2) is 23.8 Å². The van der Waals surface area contributed by atoms with Gasteiger partial charge in [-0.05, 0) is 6.42 Å². The molecule has 0 fully saturated rings. The fourth-order valence-corrected chi connectivity index (χ4v) is 2.64. The van der Waals surface area contributed by atoms with E-state index < -0.39 is 17.9 Å². The van der Waals surface area contributed by atoms with Crippen molar-refractivity contribution in [3.8, 4) is 0 Å². The van der Waals surface area contributed by atoms with E-state index >= 15 is 0 Å². The third-order valence-corrected chi connectivity index (χ3v) is 4.09. The molecule has 0 saturated carbocycles. The first-order chi connectivity index (χ1) is 11.5. The van der Waals surface area contributed by atoms with Gasteiger partial charge in [0, 0.05) is 6.42 Å². The molecule has 24 heavy (non-hydrogen) atoms. The minimum atomic E-state index is -0.997. The number of nitrogens with one attached hydrogen (secondary N) is 1. The molecule has 0 saturated heterocycles. The van der Waals surface area contributed by atoms with E-state index in [-0.39, 0.29) is 12.3 Å². The number of unbranched alkanes of at least 4 members (excludes halogenated alkanes) is 10. The van der Waals surface area contributed by atoms with Crippen LogP contribution in [0.15, 0.2) is 0 Å². The van der Waals surface area contributed by atoms with E-state index in [2.05, 4.69) is 12.2 Å². The van der Waals surface area contributed by atoms with E-state index in [0.29, 0.717) is 6.42 Å². The van der Waals surface area contributed by atoms with Crippen molar-refractivity contribution in [1.29, 1.82) is 0 Å². The summed E-state index contributed by atoms with van der Waals surface area (Å²) in [5, 5.41) is 2.47. The lowest BCUT2D eigenvalue weighted by Crippen LogP contribution is -2.46. The van der Waals surface area contributed by atoms with E-state index in [4.69, 9.17) is 11.5 Å². The quantitative estimate of drug-likeness (QED) is 0.375. The summed E-state index contributed by atoms with van der Waals surface area (Å²) in [4.78, 5) is 33.7. The van der Waals surface area contributed by atoms with Gasteiger partial charge < -0.3 is 16.8 Å². The van der Waals surface area contributed by atoms with Crippen molar-refractivity contribution in [2.24, 2.45) is 11.5 Å². The molecule has 0 aliphatic rings. The van der Waals surface area contributed by atoms with E-state index in [1.807, 2.05) is 0 Å². The molecule has 0 aromatic heterocycles. The first kappa shape index (κ1) is 22.4. The summed E-state index contributed by atoms with van der Waals surface area (Å²) < 4.78 is 0. The number of carbonyl (C=O) groups is 3. The fourth-order valence-electron chi connectivity index (χ4n) is 2.64. The molecular formula is C18H35N3O3.